The monoisotopic (exact) mass is 381 g/mol. The lowest BCUT2D eigenvalue weighted by atomic mass is 10.2. The van der Waals surface area contributed by atoms with Crippen molar-refractivity contribution in [2.75, 3.05) is 18.2 Å². The van der Waals surface area contributed by atoms with Crippen LogP contribution in [-0.4, -0.2) is 27.6 Å². The summed E-state index contributed by atoms with van der Waals surface area (Å²) < 4.78 is 29.1. The number of para-hydroxylation sites is 1. The lowest BCUT2D eigenvalue weighted by Gasteiger charge is -2.18. The van der Waals surface area contributed by atoms with Gasteiger partial charge in [0.25, 0.3) is 5.91 Å². The van der Waals surface area contributed by atoms with Crippen LogP contribution in [0.3, 0.4) is 0 Å². The maximum atomic E-state index is 12.7. The number of hydrogen-bond donors (Lipinski definition) is 0. The van der Waals surface area contributed by atoms with Crippen LogP contribution in [0.2, 0.25) is 0 Å². The fraction of sp³-hybridized carbons (Fsp3) is 0.0952. The van der Waals surface area contributed by atoms with Gasteiger partial charge in [0.1, 0.15) is 11.5 Å². The van der Waals surface area contributed by atoms with Gasteiger partial charge in [0.05, 0.1) is 4.90 Å². The van der Waals surface area contributed by atoms with Crippen LogP contribution in [0, 0.1) is 0 Å². The van der Waals surface area contributed by atoms with Crippen molar-refractivity contribution < 1.29 is 17.9 Å². The molecule has 3 aromatic rings. The second kappa shape index (κ2) is 7.63. The van der Waals surface area contributed by atoms with Gasteiger partial charge in [-0.15, -0.1) is 0 Å². The number of amides is 1. The first-order chi connectivity index (χ1) is 12.8. The molecule has 0 bridgehead atoms. The van der Waals surface area contributed by atoms with E-state index >= 15 is 0 Å². The number of ether oxygens (including phenoxy) is 1. The van der Waals surface area contributed by atoms with Gasteiger partial charge in [-0.2, -0.15) is 0 Å². The lowest BCUT2D eigenvalue weighted by Crippen LogP contribution is -2.26. The largest absolute Gasteiger partial charge is 0.457 e. The van der Waals surface area contributed by atoms with Crippen LogP contribution in [-0.2, 0) is 9.84 Å². The van der Waals surface area contributed by atoms with Crippen molar-refractivity contribution >= 4 is 21.4 Å². The minimum Gasteiger partial charge on any atom is -0.457 e. The van der Waals surface area contributed by atoms with Crippen molar-refractivity contribution in [2.45, 2.75) is 4.90 Å². The first-order valence-electron chi connectivity index (χ1n) is 8.26. The SMILES string of the molecule is CN(C(=O)c1cccc(S(C)(=O)=O)c1)c1ccc(Oc2ccccc2)cc1. The molecule has 0 fully saturated rings. The summed E-state index contributed by atoms with van der Waals surface area (Å²) in [6.07, 6.45) is 1.12. The van der Waals surface area contributed by atoms with E-state index in [1.54, 1.807) is 43.4 Å². The van der Waals surface area contributed by atoms with Gasteiger partial charge in [-0.3, -0.25) is 4.79 Å². The summed E-state index contributed by atoms with van der Waals surface area (Å²) >= 11 is 0. The number of rotatable bonds is 5. The maximum absolute atomic E-state index is 12.7. The second-order valence-corrected chi connectivity index (χ2v) is 8.09. The number of nitrogens with zero attached hydrogens (tertiary/aromatic N) is 1. The molecule has 3 aromatic carbocycles. The minimum absolute atomic E-state index is 0.119. The molecule has 5 nitrogen and oxygen atoms in total. The number of sulfone groups is 1. The Kier molecular flexibility index (Phi) is 5.28. The van der Waals surface area contributed by atoms with E-state index in [0.29, 0.717) is 17.0 Å². The van der Waals surface area contributed by atoms with Gasteiger partial charge in [0, 0.05) is 24.6 Å². The average Bonchev–Trinajstić information content (AvgIpc) is 2.68. The Balaban J connectivity index is 1.77. The smallest absolute Gasteiger partial charge is 0.258 e. The zero-order valence-corrected chi connectivity index (χ0v) is 15.8. The van der Waals surface area contributed by atoms with Crippen molar-refractivity contribution in [1.29, 1.82) is 0 Å². The molecule has 0 saturated heterocycles. The predicted octanol–water partition coefficient (Wildman–Crippen LogP) is 4.16. The van der Waals surface area contributed by atoms with Crippen molar-refractivity contribution in [1.82, 2.24) is 0 Å². The highest BCUT2D eigenvalue weighted by atomic mass is 32.2. The summed E-state index contributed by atoms with van der Waals surface area (Å²) in [6, 6.07) is 22.5. The van der Waals surface area contributed by atoms with Crippen LogP contribution in [0.4, 0.5) is 5.69 Å². The van der Waals surface area contributed by atoms with Crippen LogP contribution in [0.1, 0.15) is 10.4 Å². The van der Waals surface area contributed by atoms with Crippen LogP contribution in [0.15, 0.2) is 83.8 Å². The van der Waals surface area contributed by atoms with Crippen molar-refractivity contribution in [3.63, 3.8) is 0 Å². The van der Waals surface area contributed by atoms with Crippen LogP contribution in [0.5, 0.6) is 11.5 Å². The Hall–Kier alpha value is -3.12. The summed E-state index contributed by atoms with van der Waals surface area (Å²) in [5.74, 6) is 1.09. The quantitative estimate of drug-likeness (QED) is 0.666. The van der Waals surface area contributed by atoms with Crippen molar-refractivity contribution in [3.05, 3.63) is 84.4 Å². The highest BCUT2D eigenvalue weighted by Crippen LogP contribution is 2.25. The van der Waals surface area contributed by atoms with E-state index in [9.17, 15) is 13.2 Å². The topological polar surface area (TPSA) is 63.7 Å². The number of carbonyl (C=O) groups is 1. The maximum Gasteiger partial charge on any atom is 0.258 e. The number of anilines is 1. The van der Waals surface area contributed by atoms with E-state index in [4.69, 9.17) is 4.74 Å². The van der Waals surface area contributed by atoms with Crippen molar-refractivity contribution in [2.24, 2.45) is 0 Å². The van der Waals surface area contributed by atoms with Crippen LogP contribution >= 0.6 is 0 Å². The van der Waals surface area contributed by atoms with Gasteiger partial charge in [-0.05, 0) is 54.6 Å². The molecule has 0 aliphatic carbocycles. The van der Waals surface area contributed by atoms with E-state index in [2.05, 4.69) is 0 Å². The molecule has 27 heavy (non-hydrogen) atoms. The summed E-state index contributed by atoms with van der Waals surface area (Å²) in [5, 5.41) is 0. The molecule has 0 aromatic heterocycles. The van der Waals surface area contributed by atoms with E-state index in [1.807, 2.05) is 30.3 Å². The molecular formula is C21H19NO4S. The summed E-state index contributed by atoms with van der Waals surface area (Å²) in [4.78, 5) is 14.3. The Bertz CT molecular complexity index is 1050. The lowest BCUT2D eigenvalue weighted by molar-refractivity contribution is 0.0993. The van der Waals surface area contributed by atoms with Crippen molar-refractivity contribution in [3.8, 4) is 11.5 Å². The molecule has 6 heteroatoms. The molecule has 0 saturated carbocycles. The minimum atomic E-state index is -3.37. The van der Waals surface area contributed by atoms with Crippen LogP contribution in [0.25, 0.3) is 0 Å². The van der Waals surface area contributed by atoms with Gasteiger partial charge < -0.3 is 9.64 Å². The molecule has 0 heterocycles. The van der Waals surface area contributed by atoms with Gasteiger partial charge >= 0.3 is 0 Å². The third-order valence-corrected chi connectivity index (χ3v) is 5.13. The molecule has 3 rings (SSSR count). The first kappa shape index (κ1) is 18.7. The molecule has 0 aliphatic heterocycles. The van der Waals surface area contributed by atoms with Gasteiger partial charge in [-0.25, -0.2) is 8.42 Å². The molecule has 0 unspecified atom stereocenters. The van der Waals surface area contributed by atoms with E-state index in [-0.39, 0.29) is 10.8 Å². The molecule has 0 radical (unpaired) electrons. The average molecular weight is 381 g/mol. The second-order valence-electron chi connectivity index (χ2n) is 6.07. The Morgan fingerprint density at radius 1 is 0.852 bits per heavy atom. The van der Waals surface area contributed by atoms with E-state index in [1.165, 1.54) is 17.0 Å². The van der Waals surface area contributed by atoms with Crippen LogP contribution < -0.4 is 9.64 Å². The molecule has 0 N–H and O–H groups in total. The van der Waals surface area contributed by atoms with Gasteiger partial charge in [0.15, 0.2) is 9.84 Å². The molecule has 1 amide bonds. The molecule has 0 aliphatic rings. The van der Waals surface area contributed by atoms with Gasteiger partial charge in [-0.1, -0.05) is 24.3 Å². The van der Waals surface area contributed by atoms with E-state index in [0.717, 1.165) is 12.0 Å². The van der Waals surface area contributed by atoms with E-state index < -0.39 is 9.84 Å². The third-order valence-electron chi connectivity index (χ3n) is 4.02. The summed E-state index contributed by atoms with van der Waals surface area (Å²) in [5.41, 5.74) is 0.982. The Morgan fingerprint density at radius 3 is 2.11 bits per heavy atom. The first-order valence-corrected chi connectivity index (χ1v) is 10.1. The molecule has 0 atom stereocenters. The standard InChI is InChI=1S/C21H19NO4S/c1-22(21(23)16-7-6-10-20(15-16)27(2,24)25)17-11-13-19(14-12-17)26-18-8-4-3-5-9-18/h3-15H,1-2H3. The van der Waals surface area contributed by atoms with Gasteiger partial charge in [0.2, 0.25) is 0 Å². The normalized spacial score (nSPS) is 11.0. The zero-order valence-electron chi connectivity index (χ0n) is 15.0. The number of carbonyl (C=O) groups excluding carboxylic acids is 1. The Labute approximate surface area is 158 Å². The Morgan fingerprint density at radius 2 is 1.48 bits per heavy atom. The number of benzene rings is 3. The summed E-state index contributed by atoms with van der Waals surface area (Å²) in [7, 11) is -1.73. The fourth-order valence-electron chi connectivity index (χ4n) is 2.53. The third kappa shape index (κ3) is 4.54. The molecular weight excluding hydrogens is 362 g/mol. The zero-order chi connectivity index (χ0) is 19.4. The molecule has 0 spiro atoms. The number of hydrogen-bond acceptors (Lipinski definition) is 4. The summed E-state index contributed by atoms with van der Waals surface area (Å²) in [6.45, 7) is 0. The fourth-order valence-corrected chi connectivity index (χ4v) is 3.20. The predicted molar refractivity (Wildman–Crippen MR) is 105 cm³/mol. The highest BCUT2D eigenvalue weighted by molar-refractivity contribution is 7.90. The molecule has 138 valence electrons. The highest BCUT2D eigenvalue weighted by Gasteiger charge is 2.16.